The lowest BCUT2D eigenvalue weighted by atomic mass is 9.95. The molecule has 6 heteroatoms. The van der Waals surface area contributed by atoms with Gasteiger partial charge >= 0.3 is 12.1 Å². The highest BCUT2D eigenvalue weighted by molar-refractivity contribution is 5.75. The first-order valence-electron chi connectivity index (χ1n) is 4.93. The summed E-state index contributed by atoms with van der Waals surface area (Å²) in [7, 11) is 0. The number of halogens is 3. The molecule has 0 amide bonds. The highest BCUT2D eigenvalue weighted by Gasteiger charge is 2.66. The number of carboxylic acids is 1. The zero-order valence-corrected chi connectivity index (χ0v) is 9.30. The highest BCUT2D eigenvalue weighted by atomic mass is 19.4. The van der Waals surface area contributed by atoms with Crippen molar-refractivity contribution in [3.05, 3.63) is 0 Å². The molecular weight excluding hydrogens is 225 g/mol. The van der Waals surface area contributed by atoms with Gasteiger partial charge in [0.1, 0.15) is 0 Å². The van der Waals surface area contributed by atoms with Crippen LogP contribution in [0.3, 0.4) is 0 Å². The molecule has 3 nitrogen and oxygen atoms in total. The van der Waals surface area contributed by atoms with Gasteiger partial charge in [-0.05, 0) is 24.7 Å². The first-order valence-corrected chi connectivity index (χ1v) is 4.93. The molecule has 16 heavy (non-hydrogen) atoms. The van der Waals surface area contributed by atoms with E-state index >= 15 is 0 Å². The van der Waals surface area contributed by atoms with Crippen LogP contribution in [0.1, 0.15) is 27.2 Å². The van der Waals surface area contributed by atoms with E-state index in [-0.39, 0.29) is 0 Å². The largest absolute Gasteiger partial charge is 0.481 e. The van der Waals surface area contributed by atoms with Gasteiger partial charge in [-0.15, -0.1) is 0 Å². The summed E-state index contributed by atoms with van der Waals surface area (Å²) >= 11 is 0. The van der Waals surface area contributed by atoms with Crippen molar-refractivity contribution >= 4 is 5.97 Å². The number of carboxylic acid groups (broad SMARTS) is 1. The van der Waals surface area contributed by atoms with E-state index in [1.54, 1.807) is 13.8 Å². The van der Waals surface area contributed by atoms with Crippen LogP contribution >= 0.6 is 0 Å². The topological polar surface area (TPSA) is 57.5 Å². The van der Waals surface area contributed by atoms with Crippen molar-refractivity contribution in [2.45, 2.75) is 39.0 Å². The monoisotopic (exact) mass is 240 g/mol. The molecule has 0 aromatic rings. The third kappa shape index (κ3) is 2.03. The van der Waals surface area contributed by atoms with Crippen LogP contribution in [0.5, 0.6) is 0 Å². The van der Waals surface area contributed by atoms with Crippen LogP contribution in [0, 0.1) is 17.3 Å². The van der Waals surface area contributed by atoms with Crippen molar-refractivity contribution in [1.82, 2.24) is 0 Å². The van der Waals surface area contributed by atoms with Gasteiger partial charge in [0.05, 0.1) is 5.92 Å². The predicted molar refractivity (Wildman–Crippen MR) is 49.7 cm³/mol. The number of aliphatic hydroxyl groups is 1. The van der Waals surface area contributed by atoms with E-state index < -0.39 is 41.4 Å². The van der Waals surface area contributed by atoms with Gasteiger partial charge in [0.25, 0.3) is 0 Å². The minimum absolute atomic E-state index is 0.569. The van der Waals surface area contributed by atoms with Gasteiger partial charge in [0.2, 0.25) is 0 Å². The van der Waals surface area contributed by atoms with E-state index in [2.05, 4.69) is 0 Å². The van der Waals surface area contributed by atoms with E-state index in [1.165, 1.54) is 0 Å². The lowest BCUT2D eigenvalue weighted by Crippen LogP contribution is -2.42. The summed E-state index contributed by atoms with van der Waals surface area (Å²) in [4.78, 5) is 10.8. The van der Waals surface area contributed by atoms with E-state index in [4.69, 9.17) is 5.11 Å². The SMILES string of the molecule is CC1(C)C(CC(C)(O)C(F)(F)F)C1C(=O)O. The van der Waals surface area contributed by atoms with Crippen LogP contribution in [-0.4, -0.2) is 28.0 Å². The predicted octanol–water partition coefficient (Wildman–Crippen LogP) is 2.05. The molecule has 3 unspecified atom stereocenters. The minimum Gasteiger partial charge on any atom is -0.481 e. The van der Waals surface area contributed by atoms with Crippen molar-refractivity contribution in [3.63, 3.8) is 0 Å². The Morgan fingerprint density at radius 3 is 2.06 bits per heavy atom. The van der Waals surface area contributed by atoms with Crippen molar-refractivity contribution in [2.24, 2.45) is 17.3 Å². The van der Waals surface area contributed by atoms with E-state index in [9.17, 15) is 23.1 Å². The number of alkyl halides is 3. The molecular formula is C10H15F3O3. The molecule has 94 valence electrons. The van der Waals surface area contributed by atoms with Gasteiger partial charge in [0.15, 0.2) is 5.60 Å². The van der Waals surface area contributed by atoms with Crippen LogP contribution in [0.2, 0.25) is 0 Å². The second-order valence-corrected chi connectivity index (χ2v) is 5.22. The van der Waals surface area contributed by atoms with Gasteiger partial charge in [-0.1, -0.05) is 13.8 Å². The van der Waals surface area contributed by atoms with Gasteiger partial charge in [-0.25, -0.2) is 0 Å². The van der Waals surface area contributed by atoms with Crippen molar-refractivity contribution in [2.75, 3.05) is 0 Å². The standard InChI is InChI=1S/C10H15F3O3/c1-8(2)5(6(8)7(14)15)4-9(3,16)10(11,12)13/h5-6,16H,4H2,1-3H3,(H,14,15). The molecule has 1 saturated carbocycles. The van der Waals surface area contributed by atoms with Crippen molar-refractivity contribution in [1.29, 1.82) is 0 Å². The minimum atomic E-state index is -4.73. The van der Waals surface area contributed by atoms with Gasteiger partial charge in [0, 0.05) is 0 Å². The molecule has 0 aromatic heterocycles. The maximum Gasteiger partial charge on any atom is 0.416 e. The van der Waals surface area contributed by atoms with Gasteiger partial charge in [-0.2, -0.15) is 13.2 Å². The van der Waals surface area contributed by atoms with Crippen molar-refractivity contribution < 1.29 is 28.2 Å². The zero-order chi connectivity index (χ0) is 12.9. The molecule has 0 spiro atoms. The Labute approximate surface area is 91.3 Å². The van der Waals surface area contributed by atoms with E-state index in [0.717, 1.165) is 0 Å². The number of aliphatic carboxylic acids is 1. The number of rotatable bonds is 3. The quantitative estimate of drug-likeness (QED) is 0.793. The lowest BCUT2D eigenvalue weighted by Gasteiger charge is -2.26. The summed E-state index contributed by atoms with van der Waals surface area (Å²) < 4.78 is 37.2. The average molecular weight is 240 g/mol. The van der Waals surface area contributed by atoms with Gasteiger partial charge < -0.3 is 10.2 Å². The molecule has 3 atom stereocenters. The fraction of sp³-hybridized carbons (Fsp3) is 0.900. The first kappa shape index (κ1) is 13.3. The normalized spacial score (nSPS) is 31.9. The number of hydrogen-bond acceptors (Lipinski definition) is 2. The number of carbonyl (C=O) groups is 1. The molecule has 1 fully saturated rings. The van der Waals surface area contributed by atoms with Gasteiger partial charge in [-0.3, -0.25) is 4.79 Å². The summed E-state index contributed by atoms with van der Waals surface area (Å²) in [6.45, 7) is 3.88. The Morgan fingerprint density at radius 1 is 1.38 bits per heavy atom. The molecule has 0 aliphatic heterocycles. The molecule has 1 aliphatic rings. The molecule has 0 heterocycles. The first-order chi connectivity index (χ1) is 6.91. The smallest absolute Gasteiger partial charge is 0.416 e. The zero-order valence-electron chi connectivity index (χ0n) is 9.30. The Morgan fingerprint density at radius 2 is 1.81 bits per heavy atom. The van der Waals surface area contributed by atoms with Crippen molar-refractivity contribution in [3.8, 4) is 0 Å². The molecule has 1 aliphatic carbocycles. The Hall–Kier alpha value is -0.780. The second kappa shape index (κ2) is 3.35. The average Bonchev–Trinajstić information content (AvgIpc) is 2.49. The Bertz CT molecular complexity index is 307. The maximum absolute atomic E-state index is 12.4. The lowest BCUT2D eigenvalue weighted by molar-refractivity contribution is -0.257. The highest BCUT2D eigenvalue weighted by Crippen LogP contribution is 2.62. The summed E-state index contributed by atoms with van der Waals surface area (Å²) in [6, 6.07) is 0. The molecule has 0 radical (unpaired) electrons. The Balaban J connectivity index is 2.75. The Kier molecular flexibility index (Phi) is 2.79. The van der Waals surface area contributed by atoms with Crippen LogP contribution in [0.4, 0.5) is 13.2 Å². The maximum atomic E-state index is 12.4. The molecule has 1 rings (SSSR count). The second-order valence-electron chi connectivity index (χ2n) is 5.22. The van der Waals surface area contributed by atoms with E-state index in [1.807, 2.05) is 0 Å². The van der Waals surface area contributed by atoms with Crippen LogP contribution in [0.15, 0.2) is 0 Å². The number of hydrogen-bond donors (Lipinski definition) is 2. The van der Waals surface area contributed by atoms with Crippen LogP contribution in [-0.2, 0) is 4.79 Å². The molecule has 2 N–H and O–H groups in total. The summed E-state index contributed by atoms with van der Waals surface area (Å²) in [6.07, 6.45) is -5.30. The van der Waals surface area contributed by atoms with E-state index in [0.29, 0.717) is 6.92 Å². The third-order valence-corrected chi connectivity index (χ3v) is 3.54. The molecule has 0 aromatic carbocycles. The summed E-state index contributed by atoms with van der Waals surface area (Å²) in [5, 5.41) is 18.1. The molecule has 0 saturated heterocycles. The van der Waals surface area contributed by atoms with Crippen LogP contribution < -0.4 is 0 Å². The fourth-order valence-electron chi connectivity index (χ4n) is 2.16. The fourth-order valence-corrected chi connectivity index (χ4v) is 2.16. The summed E-state index contributed by atoms with van der Waals surface area (Å²) in [5.74, 6) is -2.55. The summed E-state index contributed by atoms with van der Waals surface area (Å²) in [5.41, 5.74) is -3.50. The molecule has 0 bridgehead atoms. The van der Waals surface area contributed by atoms with Crippen LogP contribution in [0.25, 0.3) is 0 Å². The third-order valence-electron chi connectivity index (χ3n) is 3.54.